The van der Waals surface area contributed by atoms with E-state index in [0.29, 0.717) is 49.3 Å². The minimum absolute atomic E-state index is 0.0745. The fourth-order valence-corrected chi connectivity index (χ4v) is 4.64. The molecule has 2 fully saturated rings. The van der Waals surface area contributed by atoms with Crippen molar-refractivity contribution >= 4 is 46.3 Å². The molecule has 0 atom stereocenters. The second kappa shape index (κ2) is 9.96. The molecule has 2 heterocycles. The maximum absolute atomic E-state index is 12.9. The van der Waals surface area contributed by atoms with Gasteiger partial charge < -0.3 is 14.5 Å². The van der Waals surface area contributed by atoms with Gasteiger partial charge in [-0.1, -0.05) is 18.2 Å². The fraction of sp³-hybridized carbons (Fsp3) is 0.261. The summed E-state index contributed by atoms with van der Waals surface area (Å²) in [5.41, 5.74) is 1.21. The van der Waals surface area contributed by atoms with Gasteiger partial charge in [-0.05, 0) is 36.0 Å². The van der Waals surface area contributed by atoms with Crippen LogP contribution in [0, 0.1) is 10.1 Å². The number of thioether (sulfide) groups is 1. The van der Waals surface area contributed by atoms with Crippen molar-refractivity contribution in [2.24, 2.45) is 0 Å². The number of hydrogen-bond acceptors (Lipinski definition) is 8. The van der Waals surface area contributed by atoms with Crippen LogP contribution in [0.15, 0.2) is 53.4 Å². The van der Waals surface area contributed by atoms with E-state index in [2.05, 4.69) is 4.90 Å². The average Bonchev–Trinajstić information content (AvgIpc) is 3.11. The van der Waals surface area contributed by atoms with Crippen molar-refractivity contribution in [2.75, 3.05) is 44.7 Å². The van der Waals surface area contributed by atoms with Crippen LogP contribution >= 0.6 is 11.8 Å². The van der Waals surface area contributed by atoms with Gasteiger partial charge in [0.25, 0.3) is 16.8 Å². The highest BCUT2D eigenvalue weighted by Gasteiger charge is 2.37. The fourth-order valence-electron chi connectivity index (χ4n) is 3.81. The first-order chi connectivity index (χ1) is 16.4. The number of carbonyl (C=O) groups excluding carboxylic acids is 3. The van der Waals surface area contributed by atoms with E-state index in [9.17, 15) is 24.5 Å². The molecule has 0 bridgehead atoms. The van der Waals surface area contributed by atoms with Crippen molar-refractivity contribution in [2.45, 2.75) is 0 Å². The van der Waals surface area contributed by atoms with E-state index in [-0.39, 0.29) is 23.0 Å². The van der Waals surface area contributed by atoms with Gasteiger partial charge >= 0.3 is 0 Å². The molecule has 0 unspecified atom stereocenters. The van der Waals surface area contributed by atoms with E-state index in [1.54, 1.807) is 4.90 Å². The van der Waals surface area contributed by atoms with Crippen LogP contribution in [0.2, 0.25) is 0 Å². The maximum atomic E-state index is 12.9. The van der Waals surface area contributed by atoms with Gasteiger partial charge in [-0.25, -0.2) is 0 Å². The molecule has 2 aromatic rings. The predicted octanol–water partition coefficient (Wildman–Crippen LogP) is 2.99. The number of rotatable bonds is 6. The van der Waals surface area contributed by atoms with E-state index in [1.165, 1.54) is 31.4 Å². The number of imide groups is 1. The molecule has 3 amide bonds. The molecule has 2 aliphatic rings. The smallest absolute Gasteiger partial charge is 0.294 e. The van der Waals surface area contributed by atoms with Crippen LogP contribution in [0.25, 0.3) is 6.08 Å². The zero-order chi connectivity index (χ0) is 24.2. The summed E-state index contributed by atoms with van der Waals surface area (Å²) in [5.74, 6) is -0.589. The number of piperazine rings is 1. The third-order valence-corrected chi connectivity index (χ3v) is 6.54. The first-order valence-corrected chi connectivity index (χ1v) is 11.3. The Hall–Kier alpha value is -3.86. The number of hydrogen-bond donors (Lipinski definition) is 0. The Bertz CT molecular complexity index is 1160. The van der Waals surface area contributed by atoms with Gasteiger partial charge in [0.1, 0.15) is 12.3 Å². The van der Waals surface area contributed by atoms with Gasteiger partial charge in [0, 0.05) is 49.6 Å². The SMILES string of the molecule is COc1ccc([N+](=O)[O-])cc1/C=C1/SC(=O)N(CC(=O)N2CCN(c3ccccc3)CC2)C1=O. The van der Waals surface area contributed by atoms with Crippen LogP contribution in [0.3, 0.4) is 0 Å². The Morgan fingerprint density at radius 3 is 2.47 bits per heavy atom. The van der Waals surface area contributed by atoms with Crippen molar-refractivity contribution in [3.63, 3.8) is 0 Å². The largest absolute Gasteiger partial charge is 0.496 e. The predicted molar refractivity (Wildman–Crippen MR) is 128 cm³/mol. The molecule has 0 N–H and O–H groups in total. The lowest BCUT2D eigenvalue weighted by Crippen LogP contribution is -2.51. The molecule has 0 saturated carbocycles. The monoisotopic (exact) mass is 482 g/mol. The first-order valence-electron chi connectivity index (χ1n) is 10.5. The molecule has 176 valence electrons. The second-order valence-electron chi connectivity index (χ2n) is 7.65. The number of non-ortho nitro benzene ring substituents is 1. The van der Waals surface area contributed by atoms with Crippen LogP contribution in [-0.4, -0.2) is 71.6 Å². The summed E-state index contributed by atoms with van der Waals surface area (Å²) in [7, 11) is 1.40. The van der Waals surface area contributed by atoms with Gasteiger partial charge in [-0.3, -0.25) is 29.4 Å². The van der Waals surface area contributed by atoms with Gasteiger partial charge in [0.05, 0.1) is 16.9 Å². The summed E-state index contributed by atoms with van der Waals surface area (Å²) in [6, 6.07) is 13.9. The topological polar surface area (TPSA) is 113 Å². The van der Waals surface area contributed by atoms with E-state index in [0.717, 1.165) is 10.6 Å². The number of benzene rings is 2. The van der Waals surface area contributed by atoms with Crippen molar-refractivity contribution in [1.29, 1.82) is 0 Å². The van der Waals surface area contributed by atoms with Crippen molar-refractivity contribution < 1.29 is 24.0 Å². The molecule has 2 aliphatic heterocycles. The summed E-state index contributed by atoms with van der Waals surface area (Å²) in [6.07, 6.45) is 1.37. The molecule has 0 aromatic heterocycles. The van der Waals surface area contributed by atoms with Gasteiger partial charge in [0.15, 0.2) is 0 Å². The standard InChI is InChI=1S/C23H22N4O6S/c1-33-19-8-7-18(27(31)32)13-16(19)14-20-22(29)26(23(30)34-20)15-21(28)25-11-9-24(10-12-25)17-5-3-2-4-6-17/h2-8,13-14H,9-12,15H2,1H3/b20-14+. The zero-order valence-corrected chi connectivity index (χ0v) is 19.2. The van der Waals surface area contributed by atoms with Crippen molar-refractivity contribution in [3.05, 3.63) is 69.1 Å². The van der Waals surface area contributed by atoms with Crippen LogP contribution in [-0.2, 0) is 9.59 Å². The number of para-hydroxylation sites is 1. The Balaban J connectivity index is 1.42. The number of amides is 3. The number of nitro groups is 1. The Morgan fingerprint density at radius 1 is 1.12 bits per heavy atom. The number of anilines is 1. The molecule has 11 heteroatoms. The van der Waals surface area contributed by atoms with Gasteiger partial charge in [0.2, 0.25) is 5.91 Å². The molecule has 0 radical (unpaired) electrons. The highest BCUT2D eigenvalue weighted by Crippen LogP contribution is 2.35. The Kier molecular flexibility index (Phi) is 6.82. The summed E-state index contributed by atoms with van der Waals surface area (Å²) in [4.78, 5) is 53.5. The molecule has 0 spiro atoms. The van der Waals surface area contributed by atoms with Crippen molar-refractivity contribution in [1.82, 2.24) is 9.80 Å². The summed E-state index contributed by atoms with van der Waals surface area (Å²) in [5, 5.41) is 10.5. The summed E-state index contributed by atoms with van der Waals surface area (Å²) >= 11 is 0.691. The minimum atomic E-state index is -0.611. The highest BCUT2D eigenvalue weighted by atomic mass is 32.2. The third-order valence-electron chi connectivity index (χ3n) is 5.63. The number of nitro benzene ring substituents is 1. The first kappa shape index (κ1) is 23.3. The van der Waals surface area contributed by atoms with Gasteiger partial charge in [-0.15, -0.1) is 0 Å². The Morgan fingerprint density at radius 2 is 1.82 bits per heavy atom. The molecule has 2 saturated heterocycles. The molecule has 10 nitrogen and oxygen atoms in total. The minimum Gasteiger partial charge on any atom is -0.496 e. The maximum Gasteiger partial charge on any atom is 0.294 e. The number of nitrogens with zero attached hydrogens (tertiary/aromatic N) is 4. The second-order valence-corrected chi connectivity index (χ2v) is 8.65. The highest BCUT2D eigenvalue weighted by molar-refractivity contribution is 8.18. The lowest BCUT2D eigenvalue weighted by molar-refractivity contribution is -0.384. The van der Waals surface area contributed by atoms with Gasteiger partial charge in [-0.2, -0.15) is 0 Å². The van der Waals surface area contributed by atoms with Crippen molar-refractivity contribution in [3.8, 4) is 5.75 Å². The lowest BCUT2D eigenvalue weighted by Gasteiger charge is -2.36. The van der Waals surface area contributed by atoms with Crippen LogP contribution < -0.4 is 9.64 Å². The number of carbonyl (C=O) groups is 3. The quantitative estimate of drug-likeness (QED) is 0.351. The normalized spacial score (nSPS) is 17.4. The third kappa shape index (κ3) is 4.88. The molecule has 34 heavy (non-hydrogen) atoms. The van der Waals surface area contributed by atoms with E-state index >= 15 is 0 Å². The Labute approximate surface area is 199 Å². The molecular weight excluding hydrogens is 460 g/mol. The van der Waals surface area contributed by atoms with Crippen LogP contribution in [0.5, 0.6) is 5.75 Å². The van der Waals surface area contributed by atoms with E-state index < -0.39 is 16.1 Å². The van der Waals surface area contributed by atoms with E-state index in [4.69, 9.17) is 4.74 Å². The summed E-state index contributed by atoms with van der Waals surface area (Å²) in [6.45, 7) is 1.95. The van der Waals surface area contributed by atoms with Crippen LogP contribution in [0.4, 0.5) is 16.2 Å². The van der Waals surface area contributed by atoms with E-state index in [1.807, 2.05) is 30.3 Å². The zero-order valence-electron chi connectivity index (χ0n) is 18.4. The van der Waals surface area contributed by atoms with Crippen LogP contribution in [0.1, 0.15) is 5.56 Å². The molecule has 0 aliphatic carbocycles. The average molecular weight is 483 g/mol. The lowest BCUT2D eigenvalue weighted by atomic mass is 10.1. The number of ether oxygens (including phenoxy) is 1. The number of methoxy groups -OCH3 is 1. The molecule has 4 rings (SSSR count). The molecule has 2 aromatic carbocycles. The summed E-state index contributed by atoms with van der Waals surface area (Å²) < 4.78 is 5.21. The molecular formula is C23H22N4O6S.